The second kappa shape index (κ2) is 4.43. The summed E-state index contributed by atoms with van der Waals surface area (Å²) >= 11 is 5.43. The third-order valence-electron chi connectivity index (χ3n) is 1.62. The van der Waals surface area contributed by atoms with Gasteiger partial charge in [-0.1, -0.05) is 12.1 Å². The number of benzene rings is 1. The first-order valence-electron chi connectivity index (χ1n) is 3.73. The van der Waals surface area contributed by atoms with Gasteiger partial charge in [0.25, 0.3) is 0 Å². The van der Waals surface area contributed by atoms with Gasteiger partial charge in [0.15, 0.2) is 0 Å². The summed E-state index contributed by atoms with van der Waals surface area (Å²) in [6.45, 7) is 0. The van der Waals surface area contributed by atoms with Crippen LogP contribution in [0.3, 0.4) is 0 Å². The van der Waals surface area contributed by atoms with Crippen molar-refractivity contribution in [3.8, 4) is 0 Å². The van der Waals surface area contributed by atoms with Crippen molar-refractivity contribution in [1.29, 1.82) is 0 Å². The molecule has 1 rings (SSSR count). The fourth-order valence-electron chi connectivity index (χ4n) is 0.984. The maximum Gasteiger partial charge on any atom is 0.123 e. The van der Waals surface area contributed by atoms with Gasteiger partial charge in [0, 0.05) is 5.88 Å². The molecule has 1 aromatic carbocycles. The average molecular weight is 189 g/mol. The minimum absolute atomic E-state index is 0.332. The second-order valence-corrected chi connectivity index (χ2v) is 2.93. The van der Waals surface area contributed by atoms with Crippen LogP contribution in [0.15, 0.2) is 24.3 Å². The zero-order valence-corrected chi connectivity index (χ0v) is 7.26. The topological polar surface area (TPSA) is 20.2 Å². The van der Waals surface area contributed by atoms with Crippen molar-refractivity contribution in [1.82, 2.24) is 0 Å². The largest absolute Gasteiger partial charge is 0.388 e. The standard InChI is InChI=1S/C9H10ClFO/c10-5-4-9(12)7-2-1-3-8(11)6-7/h1-3,6,9,12H,4-5H2/t9-/m0/s1. The number of hydrogen-bond donors (Lipinski definition) is 1. The summed E-state index contributed by atoms with van der Waals surface area (Å²) in [5.74, 6) is 0.0404. The minimum atomic E-state index is -0.654. The Morgan fingerprint density at radius 1 is 1.50 bits per heavy atom. The molecular formula is C9H10ClFO. The van der Waals surface area contributed by atoms with E-state index in [4.69, 9.17) is 11.6 Å². The molecule has 0 fully saturated rings. The molecule has 0 saturated heterocycles. The minimum Gasteiger partial charge on any atom is -0.388 e. The molecule has 0 spiro atoms. The predicted octanol–water partition coefficient (Wildman–Crippen LogP) is 2.49. The van der Waals surface area contributed by atoms with E-state index in [1.807, 2.05) is 0 Å². The van der Waals surface area contributed by atoms with Gasteiger partial charge < -0.3 is 5.11 Å². The van der Waals surface area contributed by atoms with Gasteiger partial charge in [-0.2, -0.15) is 0 Å². The van der Waals surface area contributed by atoms with E-state index in [2.05, 4.69) is 0 Å². The summed E-state index contributed by atoms with van der Waals surface area (Å²) in [6.07, 6.45) is -0.205. The lowest BCUT2D eigenvalue weighted by Crippen LogP contribution is -1.98. The second-order valence-electron chi connectivity index (χ2n) is 2.55. The Kier molecular flexibility index (Phi) is 3.50. The first-order valence-corrected chi connectivity index (χ1v) is 4.27. The first-order chi connectivity index (χ1) is 5.74. The van der Waals surface area contributed by atoms with Gasteiger partial charge in [0.1, 0.15) is 5.82 Å². The molecule has 0 bridgehead atoms. The zero-order valence-electron chi connectivity index (χ0n) is 6.50. The Labute approximate surface area is 75.8 Å². The lowest BCUT2D eigenvalue weighted by atomic mass is 10.1. The fourth-order valence-corrected chi connectivity index (χ4v) is 1.19. The van der Waals surface area contributed by atoms with Crippen LogP contribution in [0.25, 0.3) is 0 Å². The van der Waals surface area contributed by atoms with Crippen molar-refractivity contribution in [3.05, 3.63) is 35.6 Å². The van der Waals surface area contributed by atoms with Crippen molar-refractivity contribution < 1.29 is 9.50 Å². The first kappa shape index (κ1) is 9.49. The van der Waals surface area contributed by atoms with Gasteiger partial charge in [0.05, 0.1) is 6.10 Å². The van der Waals surface area contributed by atoms with Crippen LogP contribution in [-0.4, -0.2) is 11.0 Å². The number of rotatable bonds is 3. The van der Waals surface area contributed by atoms with Gasteiger partial charge >= 0.3 is 0 Å². The number of alkyl halides is 1. The number of aliphatic hydroxyl groups is 1. The van der Waals surface area contributed by atoms with Crippen LogP contribution in [0.2, 0.25) is 0 Å². The van der Waals surface area contributed by atoms with E-state index in [1.165, 1.54) is 12.1 Å². The summed E-state index contributed by atoms with van der Waals surface area (Å²) in [6, 6.07) is 5.91. The summed E-state index contributed by atoms with van der Waals surface area (Å²) in [7, 11) is 0. The summed E-state index contributed by atoms with van der Waals surface area (Å²) < 4.78 is 12.6. The molecule has 0 aromatic heterocycles. The van der Waals surface area contributed by atoms with E-state index in [-0.39, 0.29) is 5.82 Å². The number of aliphatic hydroxyl groups excluding tert-OH is 1. The van der Waals surface area contributed by atoms with E-state index >= 15 is 0 Å². The van der Waals surface area contributed by atoms with Crippen molar-refractivity contribution in [2.45, 2.75) is 12.5 Å². The Hall–Kier alpha value is -0.600. The molecule has 1 aromatic rings. The molecule has 0 aliphatic carbocycles. The van der Waals surface area contributed by atoms with Crippen LogP contribution in [0.4, 0.5) is 4.39 Å². The van der Waals surface area contributed by atoms with Gasteiger partial charge in [-0.3, -0.25) is 0 Å². The SMILES string of the molecule is O[C@@H](CCCl)c1cccc(F)c1. The highest BCUT2D eigenvalue weighted by molar-refractivity contribution is 6.17. The Morgan fingerprint density at radius 3 is 2.83 bits per heavy atom. The summed E-state index contributed by atoms with van der Waals surface area (Å²) in [5, 5.41) is 9.39. The quantitative estimate of drug-likeness (QED) is 0.723. The molecule has 0 saturated carbocycles. The fraction of sp³-hybridized carbons (Fsp3) is 0.333. The molecule has 0 aliphatic rings. The smallest absolute Gasteiger partial charge is 0.123 e. The lowest BCUT2D eigenvalue weighted by Gasteiger charge is -2.07. The number of halogens is 2. The number of hydrogen-bond acceptors (Lipinski definition) is 1. The lowest BCUT2D eigenvalue weighted by molar-refractivity contribution is 0.174. The average Bonchev–Trinajstić information content (AvgIpc) is 2.05. The molecule has 66 valence electrons. The van der Waals surface area contributed by atoms with Crippen LogP contribution in [0.5, 0.6) is 0 Å². The highest BCUT2D eigenvalue weighted by Gasteiger charge is 2.06. The van der Waals surface area contributed by atoms with Crippen LogP contribution in [-0.2, 0) is 0 Å². The molecular weight excluding hydrogens is 179 g/mol. The van der Waals surface area contributed by atoms with E-state index < -0.39 is 6.10 Å². The van der Waals surface area contributed by atoms with Crippen molar-refractivity contribution in [2.24, 2.45) is 0 Å². The molecule has 1 atom stereocenters. The molecule has 0 unspecified atom stereocenters. The third-order valence-corrected chi connectivity index (χ3v) is 1.83. The van der Waals surface area contributed by atoms with Crippen LogP contribution >= 0.6 is 11.6 Å². The Morgan fingerprint density at radius 2 is 2.25 bits per heavy atom. The highest BCUT2D eigenvalue weighted by Crippen LogP contribution is 2.17. The van der Waals surface area contributed by atoms with Gasteiger partial charge in [-0.05, 0) is 24.1 Å². The van der Waals surface area contributed by atoms with Crippen LogP contribution in [0, 0.1) is 5.82 Å². The molecule has 0 aliphatic heterocycles. The molecule has 0 radical (unpaired) electrons. The van der Waals surface area contributed by atoms with Crippen LogP contribution in [0.1, 0.15) is 18.1 Å². The molecule has 1 N–H and O–H groups in total. The highest BCUT2D eigenvalue weighted by atomic mass is 35.5. The van der Waals surface area contributed by atoms with Crippen molar-refractivity contribution in [3.63, 3.8) is 0 Å². The van der Waals surface area contributed by atoms with Gasteiger partial charge in [0.2, 0.25) is 0 Å². The predicted molar refractivity (Wildman–Crippen MR) is 46.7 cm³/mol. The van der Waals surface area contributed by atoms with E-state index in [1.54, 1.807) is 12.1 Å². The van der Waals surface area contributed by atoms with Crippen molar-refractivity contribution in [2.75, 3.05) is 5.88 Å². The summed E-state index contributed by atoms with van der Waals surface area (Å²) in [4.78, 5) is 0. The molecule has 0 amide bonds. The molecule has 1 nitrogen and oxygen atoms in total. The van der Waals surface area contributed by atoms with E-state index in [0.29, 0.717) is 17.9 Å². The zero-order chi connectivity index (χ0) is 8.97. The third kappa shape index (κ3) is 2.47. The normalized spacial score (nSPS) is 12.9. The van der Waals surface area contributed by atoms with Gasteiger partial charge in [-0.25, -0.2) is 4.39 Å². The molecule has 0 heterocycles. The maximum atomic E-state index is 12.6. The molecule has 3 heteroatoms. The van der Waals surface area contributed by atoms with E-state index in [0.717, 1.165) is 0 Å². The maximum absolute atomic E-state index is 12.6. The van der Waals surface area contributed by atoms with Gasteiger partial charge in [-0.15, -0.1) is 11.6 Å². The van der Waals surface area contributed by atoms with Crippen molar-refractivity contribution >= 4 is 11.6 Å². The summed E-state index contributed by atoms with van der Waals surface area (Å²) in [5.41, 5.74) is 0.579. The van der Waals surface area contributed by atoms with E-state index in [9.17, 15) is 9.50 Å². The van der Waals surface area contributed by atoms with Crippen LogP contribution < -0.4 is 0 Å². The Bertz CT molecular complexity index is 252. The molecule has 12 heavy (non-hydrogen) atoms. The monoisotopic (exact) mass is 188 g/mol. The Balaban J connectivity index is 2.73.